The molecular formula is C34H39B2NO4. The van der Waals surface area contributed by atoms with Crippen LogP contribution in [0.25, 0.3) is 10.8 Å². The summed E-state index contributed by atoms with van der Waals surface area (Å²) < 4.78 is 159. The van der Waals surface area contributed by atoms with Crippen molar-refractivity contribution in [2.75, 3.05) is 4.90 Å². The average Bonchev–Trinajstić information content (AvgIpc) is 3.45. The van der Waals surface area contributed by atoms with Crippen LogP contribution in [0.1, 0.15) is 76.0 Å². The van der Waals surface area contributed by atoms with E-state index in [9.17, 15) is 5.48 Å². The molecule has 0 N–H and O–H groups in total. The van der Waals surface area contributed by atoms with Crippen LogP contribution in [0.2, 0.25) is 0 Å². The van der Waals surface area contributed by atoms with Gasteiger partial charge in [-0.25, -0.2) is 0 Å². The van der Waals surface area contributed by atoms with Crippen molar-refractivity contribution in [1.29, 1.82) is 0 Å². The van der Waals surface area contributed by atoms with Gasteiger partial charge < -0.3 is 23.5 Å². The van der Waals surface area contributed by atoms with Crippen molar-refractivity contribution >= 4 is 53.0 Å². The molecule has 0 unspecified atom stereocenters. The molecule has 0 saturated carbocycles. The summed E-state index contributed by atoms with van der Waals surface area (Å²) in [6, 6.07) is -11.8. The van der Waals surface area contributed by atoms with E-state index in [0.29, 0.717) is 4.90 Å². The minimum Gasteiger partial charge on any atom is -0.399 e. The molecule has 2 aliphatic heterocycles. The molecule has 7 heteroatoms. The first-order chi connectivity index (χ1) is 25.5. The molecule has 4 aromatic rings. The quantitative estimate of drug-likeness (QED) is 0.248. The Balaban J connectivity index is 1.78. The summed E-state index contributed by atoms with van der Waals surface area (Å²) in [5.41, 5.74) is -6.63. The molecule has 210 valence electrons. The molecule has 2 aliphatic rings. The van der Waals surface area contributed by atoms with E-state index < -0.39 is 155 Å². The maximum atomic E-state index is 9.33. The molecule has 4 aromatic carbocycles. The molecule has 0 atom stereocenters. The lowest BCUT2D eigenvalue weighted by molar-refractivity contribution is 0.00578. The zero-order valence-corrected chi connectivity index (χ0v) is 24.2. The summed E-state index contributed by atoms with van der Waals surface area (Å²) in [4.78, 5) is 0.687. The van der Waals surface area contributed by atoms with E-state index in [2.05, 4.69) is 0 Å². The van der Waals surface area contributed by atoms with Gasteiger partial charge in [-0.3, -0.25) is 0 Å². The monoisotopic (exact) mass is 562 g/mol. The third-order valence-electron chi connectivity index (χ3n) is 8.20. The predicted molar refractivity (Wildman–Crippen MR) is 170 cm³/mol. The van der Waals surface area contributed by atoms with Gasteiger partial charge in [0.2, 0.25) is 0 Å². The Hall–Kier alpha value is -3.09. The highest BCUT2D eigenvalue weighted by Crippen LogP contribution is 2.40. The highest BCUT2D eigenvalue weighted by Gasteiger charge is 2.52. The summed E-state index contributed by atoms with van der Waals surface area (Å²) in [5.74, 6) is 0. The van der Waals surface area contributed by atoms with Crippen molar-refractivity contribution in [2.45, 2.75) is 77.8 Å². The van der Waals surface area contributed by atoms with Gasteiger partial charge in [-0.05, 0) is 102 Å². The van der Waals surface area contributed by atoms with Crippen LogP contribution < -0.4 is 15.8 Å². The maximum Gasteiger partial charge on any atom is 0.494 e. The van der Waals surface area contributed by atoms with E-state index in [4.69, 9.17) is 33.7 Å². The van der Waals surface area contributed by atoms with Gasteiger partial charge in [0.15, 0.2) is 0 Å². The Morgan fingerprint density at radius 1 is 0.512 bits per heavy atom. The first kappa shape index (κ1) is 15.4. The van der Waals surface area contributed by atoms with Gasteiger partial charge in [0.1, 0.15) is 0 Å². The Labute approximate surface area is 266 Å². The standard InChI is InChI=1S/C34H39B2NO4/c1-31(2)32(3,4)39-35(38-31)25-16-20-27(21-17-25)37(30-15-11-13-24-12-9-10-14-29(24)30)28-22-18-26(19-23-28)36-40-33(5,6)34(7,8)41-36/h9-23H,1-8H3/i9D,10D,11D,12D,13D,14D,15D,16D,17D,18D,19D,20D,21D,22D,23D. The lowest BCUT2D eigenvalue weighted by Crippen LogP contribution is -2.41. The summed E-state index contributed by atoms with van der Waals surface area (Å²) in [6.45, 7) is 13.8. The lowest BCUT2D eigenvalue weighted by atomic mass is 9.79. The molecule has 2 heterocycles. The molecule has 41 heavy (non-hydrogen) atoms. The number of hydrogen-bond acceptors (Lipinski definition) is 5. The smallest absolute Gasteiger partial charge is 0.399 e. The van der Waals surface area contributed by atoms with Crippen LogP contribution >= 0.6 is 0 Å². The van der Waals surface area contributed by atoms with Gasteiger partial charge >= 0.3 is 14.2 Å². The summed E-state index contributed by atoms with van der Waals surface area (Å²) >= 11 is 0. The third-order valence-corrected chi connectivity index (χ3v) is 8.20. The molecule has 0 spiro atoms. The molecule has 0 bridgehead atoms. The fourth-order valence-electron chi connectivity index (χ4n) is 4.31. The average molecular weight is 562 g/mol. The number of rotatable bonds is 5. The van der Waals surface area contributed by atoms with E-state index in [0.717, 1.165) is 0 Å². The first-order valence-electron chi connectivity index (χ1n) is 20.8. The minimum absolute atomic E-state index is 0.307. The number of nitrogens with zero attached hydrogens (tertiary/aromatic N) is 1. The van der Waals surface area contributed by atoms with Gasteiger partial charge in [0, 0.05) is 16.8 Å². The molecule has 2 saturated heterocycles. The van der Waals surface area contributed by atoms with Gasteiger partial charge in [-0.2, -0.15) is 0 Å². The normalized spacial score (nSPS) is 25.6. The molecule has 0 aromatic heterocycles. The highest BCUT2D eigenvalue weighted by molar-refractivity contribution is 6.62. The van der Waals surface area contributed by atoms with E-state index >= 15 is 0 Å². The minimum atomic E-state index is -1.39. The third kappa shape index (κ3) is 4.89. The Kier molecular flexibility index (Phi) is 3.66. The van der Waals surface area contributed by atoms with Crippen molar-refractivity contribution in [3.05, 3.63) is 90.6 Å². The number of fused-ring (bicyclic) bond motifs is 1. The molecule has 6 rings (SSSR count). The van der Waals surface area contributed by atoms with E-state index in [1.54, 1.807) is 55.4 Å². The van der Waals surface area contributed by atoms with Gasteiger partial charge in [0.25, 0.3) is 0 Å². The van der Waals surface area contributed by atoms with E-state index in [-0.39, 0.29) is 10.9 Å². The Bertz CT molecular complexity index is 2190. The van der Waals surface area contributed by atoms with Crippen LogP contribution in [0.4, 0.5) is 17.1 Å². The summed E-state index contributed by atoms with van der Waals surface area (Å²) in [7, 11) is -2.79. The second kappa shape index (κ2) is 9.74. The maximum absolute atomic E-state index is 9.33. The zero-order chi connectivity index (χ0) is 42.3. The van der Waals surface area contributed by atoms with Crippen LogP contribution in [-0.4, -0.2) is 36.6 Å². The molecule has 0 amide bonds. The zero-order valence-electron chi connectivity index (χ0n) is 39.2. The largest absolute Gasteiger partial charge is 0.494 e. The van der Waals surface area contributed by atoms with Gasteiger partial charge in [-0.15, -0.1) is 0 Å². The second-order valence-electron chi connectivity index (χ2n) is 12.0. The van der Waals surface area contributed by atoms with E-state index in [1.807, 2.05) is 0 Å². The highest BCUT2D eigenvalue weighted by atomic mass is 16.7. The second-order valence-corrected chi connectivity index (χ2v) is 12.0. The lowest BCUT2D eigenvalue weighted by Gasteiger charge is -2.32. The van der Waals surface area contributed by atoms with Crippen LogP contribution in [0.5, 0.6) is 0 Å². The van der Waals surface area contributed by atoms with Gasteiger partial charge in [0.05, 0.1) is 48.7 Å². The van der Waals surface area contributed by atoms with Crippen molar-refractivity contribution in [3.8, 4) is 0 Å². The fourth-order valence-corrected chi connectivity index (χ4v) is 4.31. The Morgan fingerprint density at radius 3 is 1.34 bits per heavy atom. The molecule has 2 fully saturated rings. The summed E-state index contributed by atoms with van der Waals surface area (Å²) in [6.07, 6.45) is 0. The predicted octanol–water partition coefficient (Wildman–Crippen LogP) is 6.91. The first-order valence-corrected chi connectivity index (χ1v) is 13.3. The van der Waals surface area contributed by atoms with Crippen LogP contribution in [0.15, 0.2) is 90.6 Å². The molecule has 0 radical (unpaired) electrons. The van der Waals surface area contributed by atoms with Gasteiger partial charge in [-0.1, -0.05) is 60.4 Å². The van der Waals surface area contributed by atoms with Crippen LogP contribution in [0.3, 0.4) is 0 Å². The van der Waals surface area contributed by atoms with Crippen molar-refractivity contribution in [3.63, 3.8) is 0 Å². The van der Waals surface area contributed by atoms with Crippen molar-refractivity contribution < 1.29 is 39.2 Å². The summed E-state index contributed by atoms with van der Waals surface area (Å²) in [5, 5.41) is -1.11. The Morgan fingerprint density at radius 2 is 0.902 bits per heavy atom. The SMILES string of the molecule is [2H]c1c([2H])c(N(c2c([2H])c([2H])c(B3OC(C)(C)C(C)(C)O3)c([2H])c2[2H])c2c([2H])c([2H])c([2H])c3c([2H])c([2H])c([2H])c([2H])c23)c([2H])c([2H])c1B1OC(C)(C)C(C)(C)O1. The molecule has 5 nitrogen and oxygen atoms in total. The topological polar surface area (TPSA) is 40.2 Å². The number of hydrogen-bond donors (Lipinski definition) is 0. The van der Waals surface area contributed by atoms with E-state index in [1.165, 1.54) is 0 Å². The molecule has 0 aliphatic carbocycles. The van der Waals surface area contributed by atoms with Crippen LogP contribution in [0, 0.1) is 0 Å². The fraction of sp³-hybridized carbons (Fsp3) is 0.353. The van der Waals surface area contributed by atoms with Crippen molar-refractivity contribution in [2.24, 2.45) is 0 Å². The number of benzene rings is 4. The van der Waals surface area contributed by atoms with Crippen LogP contribution in [-0.2, 0) is 18.6 Å². The number of anilines is 3. The molecular weight excluding hydrogens is 508 g/mol. The van der Waals surface area contributed by atoms with Crippen molar-refractivity contribution in [1.82, 2.24) is 0 Å².